The zero-order valence-corrected chi connectivity index (χ0v) is 14.4. The number of para-hydroxylation sites is 2. The predicted octanol–water partition coefficient (Wildman–Crippen LogP) is 3.73. The predicted molar refractivity (Wildman–Crippen MR) is 99.3 cm³/mol. The van der Waals surface area contributed by atoms with Gasteiger partial charge in [0.1, 0.15) is 5.75 Å². The molecule has 132 valence electrons. The molecule has 0 aliphatic heterocycles. The summed E-state index contributed by atoms with van der Waals surface area (Å²) < 4.78 is 16.1. The van der Waals surface area contributed by atoms with Gasteiger partial charge in [-0.15, -0.1) is 0 Å². The van der Waals surface area contributed by atoms with Crippen LogP contribution in [0.15, 0.2) is 65.8 Å². The first kappa shape index (κ1) is 17.2. The molecule has 0 unspecified atom stereocenters. The summed E-state index contributed by atoms with van der Waals surface area (Å²) in [5.74, 6) is 1.26. The molecule has 0 saturated carbocycles. The number of nitrogens with zero attached hydrogens (tertiary/aromatic N) is 3. The molecule has 2 aromatic carbocycles. The number of hydrogen-bond acceptors (Lipinski definition) is 7. The third-order valence-corrected chi connectivity index (χ3v) is 3.37. The van der Waals surface area contributed by atoms with E-state index < -0.39 is 0 Å². The van der Waals surface area contributed by atoms with E-state index in [4.69, 9.17) is 14.2 Å². The maximum absolute atomic E-state index is 5.80. The van der Waals surface area contributed by atoms with Crippen molar-refractivity contribution in [3.05, 3.63) is 66.2 Å². The Balaban J connectivity index is 1.79. The highest BCUT2D eigenvalue weighted by Gasteiger charge is 2.09. The second-order valence-electron chi connectivity index (χ2n) is 5.11. The van der Waals surface area contributed by atoms with Gasteiger partial charge in [0.25, 0.3) is 0 Å². The van der Waals surface area contributed by atoms with Gasteiger partial charge >= 0.3 is 6.01 Å². The van der Waals surface area contributed by atoms with E-state index in [9.17, 15) is 0 Å². The van der Waals surface area contributed by atoms with Crippen molar-refractivity contribution in [2.75, 3.05) is 19.6 Å². The number of hydrazone groups is 1. The van der Waals surface area contributed by atoms with Gasteiger partial charge in [-0.3, -0.25) is 5.43 Å². The number of ether oxygens (including phenoxy) is 3. The molecule has 0 aliphatic carbocycles. The van der Waals surface area contributed by atoms with Crippen LogP contribution in [0.1, 0.15) is 5.56 Å². The van der Waals surface area contributed by atoms with Gasteiger partial charge < -0.3 is 14.2 Å². The zero-order chi connectivity index (χ0) is 18.2. The number of benzene rings is 2. The molecule has 0 bridgehead atoms. The lowest BCUT2D eigenvalue weighted by atomic mass is 10.2. The molecule has 3 rings (SSSR count). The van der Waals surface area contributed by atoms with E-state index in [1.165, 1.54) is 14.2 Å². The zero-order valence-electron chi connectivity index (χ0n) is 14.4. The molecule has 7 heteroatoms. The molecule has 0 saturated heterocycles. The lowest BCUT2D eigenvalue weighted by molar-refractivity contribution is 0.348. The SMILES string of the molecule is COc1cc(OC)nc(Oc2ccccc2C=NNc2ccccc2)n1. The largest absolute Gasteiger partial charge is 0.481 e. The first-order valence-corrected chi connectivity index (χ1v) is 7.86. The van der Waals surface area contributed by atoms with E-state index in [2.05, 4.69) is 20.5 Å². The van der Waals surface area contributed by atoms with Crippen molar-refractivity contribution in [2.24, 2.45) is 5.10 Å². The lowest BCUT2D eigenvalue weighted by Gasteiger charge is -2.09. The quantitative estimate of drug-likeness (QED) is 0.517. The van der Waals surface area contributed by atoms with Gasteiger partial charge in [-0.25, -0.2) is 0 Å². The van der Waals surface area contributed by atoms with Crippen molar-refractivity contribution in [1.82, 2.24) is 9.97 Å². The van der Waals surface area contributed by atoms with Crippen molar-refractivity contribution < 1.29 is 14.2 Å². The molecule has 0 atom stereocenters. The molecule has 0 aliphatic rings. The van der Waals surface area contributed by atoms with Gasteiger partial charge in [-0.2, -0.15) is 15.1 Å². The topological polar surface area (TPSA) is 77.9 Å². The summed E-state index contributed by atoms with van der Waals surface area (Å²) in [6.07, 6.45) is 1.67. The maximum atomic E-state index is 5.80. The minimum atomic E-state index is 0.123. The van der Waals surface area contributed by atoms with Gasteiger partial charge in [-0.1, -0.05) is 30.3 Å². The van der Waals surface area contributed by atoms with Crippen LogP contribution < -0.4 is 19.6 Å². The Bertz CT molecular complexity index is 863. The van der Waals surface area contributed by atoms with E-state index >= 15 is 0 Å². The number of nitrogens with one attached hydrogen (secondary N) is 1. The van der Waals surface area contributed by atoms with Crippen LogP contribution in [-0.2, 0) is 0 Å². The molecule has 3 aromatic rings. The van der Waals surface area contributed by atoms with Crippen LogP contribution in [0.2, 0.25) is 0 Å². The molecule has 0 radical (unpaired) electrons. The monoisotopic (exact) mass is 350 g/mol. The Morgan fingerprint density at radius 2 is 1.54 bits per heavy atom. The van der Waals surface area contributed by atoms with Gasteiger partial charge in [0.2, 0.25) is 11.8 Å². The van der Waals surface area contributed by atoms with Crippen LogP contribution in [0.3, 0.4) is 0 Å². The number of rotatable bonds is 7. The highest BCUT2D eigenvalue weighted by molar-refractivity contribution is 5.84. The maximum Gasteiger partial charge on any atom is 0.328 e. The van der Waals surface area contributed by atoms with Crippen molar-refractivity contribution in [2.45, 2.75) is 0 Å². The smallest absolute Gasteiger partial charge is 0.328 e. The van der Waals surface area contributed by atoms with Crippen LogP contribution in [0.25, 0.3) is 0 Å². The number of methoxy groups -OCH3 is 2. The Kier molecular flexibility index (Phi) is 5.61. The molecule has 1 aromatic heterocycles. The molecular weight excluding hydrogens is 332 g/mol. The fraction of sp³-hybridized carbons (Fsp3) is 0.105. The first-order chi connectivity index (χ1) is 12.8. The van der Waals surface area contributed by atoms with Crippen LogP contribution in [-0.4, -0.2) is 30.4 Å². The highest BCUT2D eigenvalue weighted by atomic mass is 16.5. The standard InChI is InChI=1S/C19H18N4O3/c1-24-17-12-18(25-2)22-19(21-17)26-16-11-7-6-8-14(16)13-20-23-15-9-4-3-5-10-15/h3-13,23H,1-2H3. The van der Waals surface area contributed by atoms with Crippen LogP contribution in [0.5, 0.6) is 23.5 Å². The number of hydrogen-bond donors (Lipinski definition) is 1. The fourth-order valence-electron chi connectivity index (χ4n) is 2.11. The summed E-state index contributed by atoms with van der Waals surface area (Å²) >= 11 is 0. The Morgan fingerprint density at radius 1 is 0.885 bits per heavy atom. The van der Waals surface area contributed by atoms with Gasteiger partial charge in [0.05, 0.1) is 32.2 Å². The van der Waals surface area contributed by atoms with Crippen molar-refractivity contribution in [3.8, 4) is 23.5 Å². The highest BCUT2D eigenvalue weighted by Crippen LogP contribution is 2.25. The molecule has 0 fully saturated rings. The molecule has 0 amide bonds. The second kappa shape index (κ2) is 8.48. The summed E-state index contributed by atoms with van der Waals surface area (Å²) in [4.78, 5) is 8.34. The average Bonchev–Trinajstić information content (AvgIpc) is 2.69. The van der Waals surface area contributed by atoms with E-state index in [1.54, 1.807) is 18.3 Å². The second-order valence-corrected chi connectivity index (χ2v) is 5.11. The fourth-order valence-corrected chi connectivity index (χ4v) is 2.11. The van der Waals surface area contributed by atoms with E-state index in [-0.39, 0.29) is 6.01 Å². The van der Waals surface area contributed by atoms with Crippen molar-refractivity contribution in [1.29, 1.82) is 0 Å². The normalized spacial score (nSPS) is 10.5. The summed E-state index contributed by atoms with van der Waals surface area (Å²) in [7, 11) is 3.03. The minimum Gasteiger partial charge on any atom is -0.481 e. The van der Waals surface area contributed by atoms with Crippen molar-refractivity contribution in [3.63, 3.8) is 0 Å². The summed E-state index contributed by atoms with van der Waals surface area (Å²) in [5, 5.41) is 4.24. The third-order valence-electron chi connectivity index (χ3n) is 3.37. The summed E-state index contributed by atoms with van der Waals surface area (Å²) in [5.41, 5.74) is 4.62. The lowest BCUT2D eigenvalue weighted by Crippen LogP contribution is -1.99. The van der Waals surface area contributed by atoms with Crippen LogP contribution in [0, 0.1) is 0 Å². The van der Waals surface area contributed by atoms with Crippen LogP contribution >= 0.6 is 0 Å². The molecule has 0 spiro atoms. The summed E-state index contributed by atoms with van der Waals surface area (Å²) in [6.45, 7) is 0. The van der Waals surface area contributed by atoms with Crippen molar-refractivity contribution >= 4 is 11.9 Å². The number of aromatic nitrogens is 2. The molecule has 7 nitrogen and oxygen atoms in total. The molecular formula is C19H18N4O3. The first-order valence-electron chi connectivity index (χ1n) is 7.86. The Labute approximate surface area is 151 Å². The van der Waals surface area contributed by atoms with E-state index in [0.717, 1.165) is 11.3 Å². The summed E-state index contributed by atoms with van der Waals surface area (Å²) in [6, 6.07) is 18.8. The molecule has 1 N–H and O–H groups in total. The van der Waals surface area contributed by atoms with E-state index in [0.29, 0.717) is 17.5 Å². The average molecular weight is 350 g/mol. The Morgan fingerprint density at radius 3 is 2.23 bits per heavy atom. The van der Waals surface area contributed by atoms with Gasteiger partial charge in [0.15, 0.2) is 0 Å². The third kappa shape index (κ3) is 4.47. The van der Waals surface area contributed by atoms with E-state index in [1.807, 2.05) is 48.5 Å². The molecule has 26 heavy (non-hydrogen) atoms. The minimum absolute atomic E-state index is 0.123. The van der Waals surface area contributed by atoms with Gasteiger partial charge in [0, 0.05) is 5.56 Å². The number of anilines is 1. The molecule has 1 heterocycles. The van der Waals surface area contributed by atoms with Crippen LogP contribution in [0.4, 0.5) is 5.69 Å². The van der Waals surface area contributed by atoms with Gasteiger partial charge in [-0.05, 0) is 24.3 Å². The Hall–Kier alpha value is -3.61.